The molecule has 0 aromatic carbocycles. The maximum Gasteiger partial charge on any atom is 0.263 e. The molecular formula is C17H21N3O2S. The molecule has 1 amide bonds. The van der Waals surface area contributed by atoms with Crippen LogP contribution >= 0.6 is 11.3 Å². The minimum Gasteiger partial charge on any atom is -0.339 e. The number of aryl methyl sites for hydroxylation is 1. The molecule has 6 heteroatoms. The first-order valence-electron chi connectivity index (χ1n) is 8.38. The molecule has 0 bridgehead atoms. The topological polar surface area (TPSA) is 59.2 Å². The molecule has 1 atom stereocenters. The smallest absolute Gasteiger partial charge is 0.263 e. The van der Waals surface area contributed by atoms with Crippen molar-refractivity contribution in [1.29, 1.82) is 0 Å². The average molecular weight is 331 g/mol. The lowest BCUT2D eigenvalue weighted by molar-refractivity contribution is 0.0794. The highest BCUT2D eigenvalue weighted by Gasteiger charge is 2.33. The molecule has 2 aliphatic rings. The molecule has 1 unspecified atom stereocenters. The van der Waals surface area contributed by atoms with E-state index in [0.29, 0.717) is 18.4 Å². The summed E-state index contributed by atoms with van der Waals surface area (Å²) in [6, 6.07) is 1.96. The molecule has 0 spiro atoms. The van der Waals surface area contributed by atoms with Crippen molar-refractivity contribution in [3.63, 3.8) is 0 Å². The number of hydrogen-bond acceptors (Lipinski definition) is 5. The van der Waals surface area contributed by atoms with Gasteiger partial charge in [-0.05, 0) is 43.2 Å². The number of hydrogen-bond donors (Lipinski definition) is 0. The summed E-state index contributed by atoms with van der Waals surface area (Å²) in [5, 5.41) is 6.21. The Hall–Kier alpha value is -1.69. The number of rotatable bonds is 3. The predicted octanol–water partition coefficient (Wildman–Crippen LogP) is 3.73. The Morgan fingerprint density at radius 2 is 2.13 bits per heavy atom. The van der Waals surface area contributed by atoms with Crippen LogP contribution in [0.1, 0.15) is 70.9 Å². The van der Waals surface area contributed by atoms with Gasteiger partial charge in [-0.15, -0.1) is 11.3 Å². The molecule has 0 radical (unpaired) electrons. The predicted molar refractivity (Wildman–Crippen MR) is 87.8 cm³/mol. The molecule has 3 heterocycles. The van der Waals surface area contributed by atoms with Gasteiger partial charge in [-0.25, -0.2) is 0 Å². The van der Waals surface area contributed by atoms with Crippen LogP contribution in [0, 0.1) is 6.92 Å². The lowest BCUT2D eigenvalue weighted by Gasteiger charge is -2.14. The zero-order valence-electron chi connectivity index (χ0n) is 13.3. The molecule has 1 aliphatic carbocycles. The second kappa shape index (κ2) is 6.07. The van der Waals surface area contributed by atoms with Crippen LogP contribution < -0.4 is 0 Å². The number of nitrogens with zero attached hydrogens (tertiary/aromatic N) is 3. The Morgan fingerprint density at radius 3 is 2.87 bits per heavy atom. The number of thiophene rings is 1. The van der Waals surface area contributed by atoms with Crippen LogP contribution in [-0.2, 0) is 0 Å². The van der Waals surface area contributed by atoms with Crippen molar-refractivity contribution in [2.75, 3.05) is 13.1 Å². The third kappa shape index (κ3) is 2.92. The van der Waals surface area contributed by atoms with Gasteiger partial charge in [0.05, 0.1) is 10.8 Å². The number of aromatic nitrogens is 2. The van der Waals surface area contributed by atoms with Crippen LogP contribution in [0.15, 0.2) is 16.0 Å². The molecule has 2 fully saturated rings. The van der Waals surface area contributed by atoms with E-state index in [1.807, 2.05) is 23.3 Å². The van der Waals surface area contributed by atoms with Gasteiger partial charge in [0.1, 0.15) is 0 Å². The van der Waals surface area contributed by atoms with Crippen molar-refractivity contribution in [2.24, 2.45) is 0 Å². The van der Waals surface area contributed by atoms with E-state index in [4.69, 9.17) is 4.52 Å². The molecule has 1 aliphatic heterocycles. The number of amides is 1. The lowest BCUT2D eigenvalue weighted by atomic mass is 10.1. The standard InChI is InChI=1S/C17H21N3O2S/c1-11-8-14(23-10-11)17(21)20-7-6-13(9-20)16-18-15(19-22-16)12-4-2-3-5-12/h8,10,12-13H,2-7,9H2,1H3. The highest BCUT2D eigenvalue weighted by atomic mass is 32.1. The van der Waals surface area contributed by atoms with E-state index in [-0.39, 0.29) is 11.8 Å². The van der Waals surface area contributed by atoms with Gasteiger partial charge in [0.2, 0.25) is 5.89 Å². The molecule has 2 aromatic rings. The minimum atomic E-state index is 0.126. The molecule has 1 saturated carbocycles. The van der Waals surface area contributed by atoms with Gasteiger partial charge >= 0.3 is 0 Å². The van der Waals surface area contributed by atoms with E-state index < -0.39 is 0 Å². The molecule has 4 rings (SSSR count). The normalized spacial score (nSPS) is 22.1. The van der Waals surface area contributed by atoms with Crippen LogP contribution in [0.2, 0.25) is 0 Å². The first kappa shape index (κ1) is 14.9. The molecule has 0 N–H and O–H groups in total. The number of carbonyl (C=O) groups is 1. The zero-order chi connectivity index (χ0) is 15.8. The second-order valence-corrected chi connectivity index (χ2v) is 7.61. The van der Waals surface area contributed by atoms with Gasteiger partial charge in [0, 0.05) is 19.0 Å². The summed E-state index contributed by atoms with van der Waals surface area (Å²) in [5.74, 6) is 2.37. The monoisotopic (exact) mass is 331 g/mol. The van der Waals surface area contributed by atoms with Crippen molar-refractivity contribution >= 4 is 17.2 Å². The quantitative estimate of drug-likeness (QED) is 0.860. The summed E-state index contributed by atoms with van der Waals surface area (Å²) in [6.07, 6.45) is 5.78. The van der Waals surface area contributed by atoms with E-state index in [9.17, 15) is 4.79 Å². The highest BCUT2D eigenvalue weighted by Crippen LogP contribution is 2.34. The Bertz CT molecular complexity index is 702. The van der Waals surface area contributed by atoms with Crippen LogP contribution in [0.4, 0.5) is 0 Å². The summed E-state index contributed by atoms with van der Waals surface area (Å²) >= 11 is 1.52. The van der Waals surface area contributed by atoms with E-state index >= 15 is 0 Å². The van der Waals surface area contributed by atoms with Gasteiger partial charge in [0.15, 0.2) is 5.82 Å². The Labute approximate surface area is 139 Å². The van der Waals surface area contributed by atoms with Crippen LogP contribution in [0.25, 0.3) is 0 Å². The summed E-state index contributed by atoms with van der Waals surface area (Å²) in [5.41, 5.74) is 1.15. The first-order valence-corrected chi connectivity index (χ1v) is 9.26. The van der Waals surface area contributed by atoms with Gasteiger partial charge in [-0.3, -0.25) is 4.79 Å². The van der Waals surface area contributed by atoms with Gasteiger partial charge in [-0.2, -0.15) is 4.98 Å². The minimum absolute atomic E-state index is 0.126. The maximum absolute atomic E-state index is 12.5. The fraction of sp³-hybridized carbons (Fsp3) is 0.588. The molecule has 23 heavy (non-hydrogen) atoms. The van der Waals surface area contributed by atoms with Crippen LogP contribution in [0.5, 0.6) is 0 Å². The van der Waals surface area contributed by atoms with Crippen molar-refractivity contribution < 1.29 is 9.32 Å². The van der Waals surface area contributed by atoms with E-state index in [0.717, 1.165) is 29.2 Å². The van der Waals surface area contributed by atoms with E-state index in [2.05, 4.69) is 10.1 Å². The van der Waals surface area contributed by atoms with Gasteiger partial charge in [-0.1, -0.05) is 18.0 Å². The SMILES string of the molecule is Cc1csc(C(=O)N2CCC(c3nc(C4CCCC4)no3)C2)c1. The fourth-order valence-corrected chi connectivity index (χ4v) is 4.47. The molecule has 122 valence electrons. The Morgan fingerprint density at radius 1 is 1.30 bits per heavy atom. The Balaban J connectivity index is 1.43. The summed E-state index contributed by atoms with van der Waals surface area (Å²) in [4.78, 5) is 19.9. The zero-order valence-corrected chi connectivity index (χ0v) is 14.1. The third-order valence-corrected chi connectivity index (χ3v) is 5.98. The van der Waals surface area contributed by atoms with Crippen LogP contribution in [-0.4, -0.2) is 34.0 Å². The fourth-order valence-electron chi connectivity index (χ4n) is 3.61. The van der Waals surface area contributed by atoms with Crippen molar-refractivity contribution in [2.45, 2.75) is 50.9 Å². The molecule has 5 nitrogen and oxygen atoms in total. The molecular weight excluding hydrogens is 310 g/mol. The first-order chi connectivity index (χ1) is 11.2. The molecule has 1 saturated heterocycles. The van der Waals surface area contributed by atoms with Crippen molar-refractivity contribution in [1.82, 2.24) is 15.0 Å². The largest absolute Gasteiger partial charge is 0.339 e. The molecule has 2 aromatic heterocycles. The average Bonchev–Trinajstić information content (AvgIpc) is 3.30. The van der Waals surface area contributed by atoms with Crippen molar-refractivity contribution in [3.05, 3.63) is 33.6 Å². The highest BCUT2D eigenvalue weighted by molar-refractivity contribution is 7.12. The van der Waals surface area contributed by atoms with E-state index in [1.165, 1.54) is 37.0 Å². The van der Waals surface area contributed by atoms with Gasteiger partial charge < -0.3 is 9.42 Å². The van der Waals surface area contributed by atoms with Gasteiger partial charge in [0.25, 0.3) is 5.91 Å². The summed E-state index contributed by atoms with van der Waals surface area (Å²) < 4.78 is 5.50. The number of carbonyl (C=O) groups excluding carboxylic acids is 1. The van der Waals surface area contributed by atoms with Crippen molar-refractivity contribution in [3.8, 4) is 0 Å². The van der Waals surface area contributed by atoms with Crippen LogP contribution in [0.3, 0.4) is 0 Å². The second-order valence-electron chi connectivity index (χ2n) is 6.70. The van der Waals surface area contributed by atoms with E-state index in [1.54, 1.807) is 0 Å². The summed E-state index contributed by atoms with van der Waals surface area (Å²) in [7, 11) is 0. The maximum atomic E-state index is 12.5. The Kier molecular flexibility index (Phi) is 3.93. The third-order valence-electron chi connectivity index (χ3n) is 4.94. The lowest BCUT2D eigenvalue weighted by Crippen LogP contribution is -2.27. The summed E-state index contributed by atoms with van der Waals surface area (Å²) in [6.45, 7) is 3.47. The number of likely N-dealkylation sites (tertiary alicyclic amines) is 1.